The number of aryl methyl sites for hydroxylation is 1. The first kappa shape index (κ1) is 20.0. The van der Waals surface area contributed by atoms with E-state index in [1.54, 1.807) is 0 Å². The maximum atomic E-state index is 12.1. The molecule has 120 valence electrons. The Morgan fingerprint density at radius 1 is 1.19 bits per heavy atom. The van der Waals surface area contributed by atoms with E-state index in [0.717, 1.165) is 26.2 Å². The van der Waals surface area contributed by atoms with Crippen molar-refractivity contribution < 1.29 is 4.79 Å². The molecule has 1 saturated heterocycles. The van der Waals surface area contributed by atoms with Crippen molar-refractivity contribution >= 4 is 36.4 Å². The highest BCUT2D eigenvalue weighted by Gasteiger charge is 2.24. The summed E-state index contributed by atoms with van der Waals surface area (Å²) in [6, 6.07) is 8.40. The van der Waals surface area contributed by atoms with Crippen LogP contribution in [-0.4, -0.2) is 43.5 Å². The molecule has 0 bridgehead atoms. The molecule has 2 N–H and O–H groups in total. The van der Waals surface area contributed by atoms with E-state index in [1.165, 1.54) is 11.3 Å². The van der Waals surface area contributed by atoms with Gasteiger partial charge in [-0.05, 0) is 18.6 Å². The van der Waals surface area contributed by atoms with Gasteiger partial charge in [-0.15, -0.1) is 24.8 Å². The van der Waals surface area contributed by atoms with Crippen LogP contribution in [0.5, 0.6) is 0 Å². The van der Waals surface area contributed by atoms with Crippen LogP contribution in [0.1, 0.15) is 12.5 Å². The molecule has 0 aliphatic carbocycles. The van der Waals surface area contributed by atoms with Crippen LogP contribution in [-0.2, 0) is 4.79 Å². The summed E-state index contributed by atoms with van der Waals surface area (Å²) < 4.78 is 0. The van der Waals surface area contributed by atoms with E-state index in [9.17, 15) is 4.79 Å². The summed E-state index contributed by atoms with van der Waals surface area (Å²) in [5, 5.41) is 0. The van der Waals surface area contributed by atoms with Gasteiger partial charge in [-0.2, -0.15) is 0 Å². The highest BCUT2D eigenvalue weighted by molar-refractivity contribution is 5.85. The number of hydrogen-bond acceptors (Lipinski definition) is 3. The molecule has 0 spiro atoms. The number of para-hydroxylation sites is 1. The van der Waals surface area contributed by atoms with Crippen molar-refractivity contribution in [2.75, 3.05) is 37.6 Å². The number of amides is 1. The monoisotopic (exact) mass is 333 g/mol. The Hall–Kier alpha value is -0.970. The number of hydrogen-bond donors (Lipinski definition) is 1. The molecule has 0 saturated carbocycles. The third kappa shape index (κ3) is 4.77. The van der Waals surface area contributed by atoms with Gasteiger partial charge in [0.25, 0.3) is 0 Å². The maximum Gasteiger partial charge on any atom is 0.226 e. The van der Waals surface area contributed by atoms with Crippen molar-refractivity contribution in [2.45, 2.75) is 13.8 Å². The summed E-state index contributed by atoms with van der Waals surface area (Å²) in [5.74, 6) is 0.122. The van der Waals surface area contributed by atoms with Gasteiger partial charge in [-0.1, -0.05) is 25.1 Å². The molecular weight excluding hydrogens is 309 g/mol. The first-order chi connectivity index (χ1) is 9.13. The number of piperazine rings is 1. The molecule has 1 atom stereocenters. The van der Waals surface area contributed by atoms with Gasteiger partial charge in [0.2, 0.25) is 5.91 Å². The number of carbonyl (C=O) groups is 1. The van der Waals surface area contributed by atoms with Crippen molar-refractivity contribution in [1.82, 2.24) is 4.90 Å². The zero-order valence-corrected chi connectivity index (χ0v) is 14.3. The second kappa shape index (κ2) is 9.13. The maximum absolute atomic E-state index is 12.1. The van der Waals surface area contributed by atoms with E-state index in [-0.39, 0.29) is 36.6 Å². The topological polar surface area (TPSA) is 49.6 Å². The zero-order valence-electron chi connectivity index (χ0n) is 12.6. The summed E-state index contributed by atoms with van der Waals surface area (Å²) in [7, 11) is 0. The Morgan fingerprint density at radius 2 is 1.76 bits per heavy atom. The molecule has 1 aliphatic rings. The minimum absolute atomic E-state index is 0. The smallest absolute Gasteiger partial charge is 0.226 e. The summed E-state index contributed by atoms with van der Waals surface area (Å²) in [4.78, 5) is 16.4. The van der Waals surface area contributed by atoms with E-state index in [0.29, 0.717) is 6.54 Å². The van der Waals surface area contributed by atoms with Gasteiger partial charge >= 0.3 is 0 Å². The third-order valence-electron chi connectivity index (χ3n) is 3.82. The highest BCUT2D eigenvalue weighted by atomic mass is 35.5. The fourth-order valence-electron chi connectivity index (χ4n) is 2.50. The van der Waals surface area contributed by atoms with Crippen molar-refractivity contribution in [3.05, 3.63) is 29.8 Å². The molecule has 0 aromatic heterocycles. The van der Waals surface area contributed by atoms with Gasteiger partial charge in [0.15, 0.2) is 0 Å². The largest absolute Gasteiger partial charge is 0.368 e. The van der Waals surface area contributed by atoms with Crippen LogP contribution in [0.2, 0.25) is 0 Å². The van der Waals surface area contributed by atoms with E-state index in [2.05, 4.69) is 36.1 Å². The average molecular weight is 334 g/mol. The fraction of sp³-hybridized carbons (Fsp3) is 0.533. The molecule has 1 unspecified atom stereocenters. The number of nitrogens with two attached hydrogens (primary N) is 1. The van der Waals surface area contributed by atoms with E-state index < -0.39 is 0 Å². The Balaban J connectivity index is 0.00000200. The lowest BCUT2D eigenvalue weighted by atomic mass is 10.1. The summed E-state index contributed by atoms with van der Waals surface area (Å²) in [6.45, 7) is 7.83. The molecule has 21 heavy (non-hydrogen) atoms. The second-order valence-corrected chi connectivity index (χ2v) is 5.24. The predicted molar refractivity (Wildman–Crippen MR) is 92.7 cm³/mol. The quantitative estimate of drug-likeness (QED) is 0.921. The standard InChI is InChI=1S/C15H23N3O.2ClH/c1-12-5-3-4-6-14(12)17-7-9-18(10-8-17)15(19)13(2)11-16;;/h3-6,13H,7-11,16H2,1-2H3;2*1H. The molecule has 1 aromatic rings. The highest BCUT2D eigenvalue weighted by Crippen LogP contribution is 2.21. The molecule has 1 aliphatic heterocycles. The second-order valence-electron chi connectivity index (χ2n) is 5.24. The number of benzene rings is 1. The van der Waals surface area contributed by atoms with Crippen LogP contribution in [0.25, 0.3) is 0 Å². The van der Waals surface area contributed by atoms with Crippen LogP contribution in [0.4, 0.5) is 5.69 Å². The molecule has 6 heteroatoms. The Kier molecular flexibility index (Phi) is 8.71. The van der Waals surface area contributed by atoms with Crippen LogP contribution >= 0.6 is 24.8 Å². The van der Waals surface area contributed by atoms with Crippen LogP contribution in [0.15, 0.2) is 24.3 Å². The van der Waals surface area contributed by atoms with Crippen molar-refractivity contribution in [3.63, 3.8) is 0 Å². The summed E-state index contributed by atoms with van der Waals surface area (Å²) >= 11 is 0. The normalized spacial score (nSPS) is 15.8. The molecule has 1 aromatic carbocycles. The van der Waals surface area contributed by atoms with Crippen molar-refractivity contribution in [2.24, 2.45) is 11.7 Å². The van der Waals surface area contributed by atoms with Gasteiger partial charge in [0.05, 0.1) is 0 Å². The van der Waals surface area contributed by atoms with Gasteiger partial charge in [0, 0.05) is 44.3 Å². The first-order valence-corrected chi connectivity index (χ1v) is 6.93. The average Bonchev–Trinajstić information content (AvgIpc) is 2.46. The first-order valence-electron chi connectivity index (χ1n) is 6.93. The SMILES string of the molecule is Cc1ccccc1N1CCN(C(=O)C(C)CN)CC1.Cl.Cl. The van der Waals surface area contributed by atoms with E-state index in [4.69, 9.17) is 5.73 Å². The van der Waals surface area contributed by atoms with Gasteiger partial charge in [-0.25, -0.2) is 0 Å². The third-order valence-corrected chi connectivity index (χ3v) is 3.82. The lowest BCUT2D eigenvalue weighted by Crippen LogP contribution is -2.51. The zero-order chi connectivity index (χ0) is 13.8. The molecule has 2 rings (SSSR count). The van der Waals surface area contributed by atoms with Crippen molar-refractivity contribution in [1.29, 1.82) is 0 Å². The molecule has 1 fully saturated rings. The Labute approximate surface area is 139 Å². The molecule has 1 heterocycles. The van der Waals surface area contributed by atoms with Gasteiger partial charge < -0.3 is 15.5 Å². The molecule has 4 nitrogen and oxygen atoms in total. The number of rotatable bonds is 3. The number of carbonyl (C=O) groups excluding carboxylic acids is 1. The number of halogens is 2. The fourth-order valence-corrected chi connectivity index (χ4v) is 2.50. The van der Waals surface area contributed by atoms with Crippen LogP contribution in [0.3, 0.4) is 0 Å². The predicted octanol–water partition coefficient (Wildman–Crippen LogP) is 2.08. The lowest BCUT2D eigenvalue weighted by molar-refractivity contribution is -0.134. The Morgan fingerprint density at radius 3 is 2.29 bits per heavy atom. The van der Waals surface area contributed by atoms with E-state index in [1.807, 2.05) is 11.8 Å². The minimum Gasteiger partial charge on any atom is -0.368 e. The lowest BCUT2D eigenvalue weighted by Gasteiger charge is -2.37. The van der Waals surface area contributed by atoms with Gasteiger partial charge in [-0.3, -0.25) is 4.79 Å². The summed E-state index contributed by atoms with van der Waals surface area (Å²) in [5.41, 5.74) is 8.13. The molecule has 0 radical (unpaired) electrons. The van der Waals surface area contributed by atoms with Gasteiger partial charge in [0.1, 0.15) is 0 Å². The van der Waals surface area contributed by atoms with E-state index >= 15 is 0 Å². The molecule has 1 amide bonds. The number of anilines is 1. The molecular formula is C15H25Cl2N3O. The number of nitrogens with zero attached hydrogens (tertiary/aromatic N) is 2. The van der Waals surface area contributed by atoms with Crippen molar-refractivity contribution in [3.8, 4) is 0 Å². The van der Waals surface area contributed by atoms with Crippen LogP contribution in [0, 0.1) is 12.8 Å². The minimum atomic E-state index is -0.0648. The Bertz CT molecular complexity index is 448. The van der Waals surface area contributed by atoms with Crippen LogP contribution < -0.4 is 10.6 Å². The summed E-state index contributed by atoms with van der Waals surface area (Å²) in [6.07, 6.45) is 0.